The van der Waals surface area contributed by atoms with Gasteiger partial charge in [0.05, 0.1) is 6.04 Å². The summed E-state index contributed by atoms with van der Waals surface area (Å²) in [4.78, 5) is 11.0. The average molecular weight is 199 g/mol. The van der Waals surface area contributed by atoms with Crippen LogP contribution in [0.4, 0.5) is 4.79 Å². The van der Waals surface area contributed by atoms with Gasteiger partial charge in [-0.15, -0.1) is 0 Å². The second kappa shape index (κ2) is 5.86. The standard InChI is InChI=1S/C10H21N3O/c1-8-9(13-10(14)12-8)6-4-2-3-5-7-11/h8-9H,2-7,11H2,1H3,(H2,12,13,14)/t8-,9+/m0/s1. The Morgan fingerprint density at radius 1 is 1.21 bits per heavy atom. The van der Waals surface area contributed by atoms with E-state index in [1.54, 1.807) is 0 Å². The summed E-state index contributed by atoms with van der Waals surface area (Å²) in [5, 5.41) is 5.77. The lowest BCUT2D eigenvalue weighted by Crippen LogP contribution is -2.30. The van der Waals surface area contributed by atoms with E-state index in [1.165, 1.54) is 19.3 Å². The summed E-state index contributed by atoms with van der Waals surface area (Å²) < 4.78 is 0. The Morgan fingerprint density at radius 2 is 1.93 bits per heavy atom. The van der Waals surface area contributed by atoms with Crippen molar-refractivity contribution in [2.75, 3.05) is 6.54 Å². The van der Waals surface area contributed by atoms with Crippen LogP contribution in [0.1, 0.15) is 39.0 Å². The van der Waals surface area contributed by atoms with Crippen LogP contribution in [-0.4, -0.2) is 24.7 Å². The summed E-state index contributed by atoms with van der Waals surface area (Å²) in [6, 6.07) is 0.571. The lowest BCUT2D eigenvalue weighted by Gasteiger charge is -2.13. The van der Waals surface area contributed by atoms with Crippen molar-refractivity contribution < 1.29 is 4.79 Å². The zero-order valence-electron chi connectivity index (χ0n) is 8.88. The van der Waals surface area contributed by atoms with Crippen molar-refractivity contribution in [3.8, 4) is 0 Å². The molecule has 0 aromatic carbocycles. The molecule has 2 atom stereocenters. The van der Waals surface area contributed by atoms with Crippen molar-refractivity contribution in [3.63, 3.8) is 0 Å². The minimum atomic E-state index is -0.0236. The number of carbonyl (C=O) groups is 1. The molecule has 1 rings (SSSR count). The van der Waals surface area contributed by atoms with E-state index in [2.05, 4.69) is 10.6 Å². The predicted molar refractivity (Wildman–Crippen MR) is 57.1 cm³/mol. The lowest BCUT2D eigenvalue weighted by atomic mass is 10.0. The molecule has 0 saturated carbocycles. The maximum absolute atomic E-state index is 11.0. The van der Waals surface area contributed by atoms with Gasteiger partial charge in [0, 0.05) is 6.04 Å². The number of nitrogens with two attached hydrogens (primary N) is 1. The molecule has 4 nitrogen and oxygen atoms in total. The minimum Gasteiger partial charge on any atom is -0.334 e. The van der Waals surface area contributed by atoms with Crippen LogP contribution in [0.25, 0.3) is 0 Å². The Bertz CT molecular complexity index is 184. The Labute approximate surface area is 85.6 Å². The number of hydrogen-bond donors (Lipinski definition) is 3. The van der Waals surface area contributed by atoms with Gasteiger partial charge in [-0.25, -0.2) is 4.79 Å². The van der Waals surface area contributed by atoms with E-state index >= 15 is 0 Å². The summed E-state index contributed by atoms with van der Waals surface area (Å²) in [7, 11) is 0. The smallest absolute Gasteiger partial charge is 0.315 e. The van der Waals surface area contributed by atoms with E-state index in [0.717, 1.165) is 19.4 Å². The van der Waals surface area contributed by atoms with Crippen LogP contribution >= 0.6 is 0 Å². The summed E-state index contributed by atoms with van der Waals surface area (Å²) >= 11 is 0. The second-order valence-corrected chi connectivity index (χ2v) is 4.00. The number of amides is 2. The Kier molecular flexibility index (Phi) is 4.73. The zero-order chi connectivity index (χ0) is 10.4. The molecule has 82 valence electrons. The molecule has 0 aliphatic carbocycles. The number of rotatable bonds is 6. The van der Waals surface area contributed by atoms with Gasteiger partial charge in [-0.3, -0.25) is 0 Å². The molecular weight excluding hydrogens is 178 g/mol. The first-order chi connectivity index (χ1) is 6.74. The summed E-state index contributed by atoms with van der Waals surface area (Å²) in [5.74, 6) is 0. The van der Waals surface area contributed by atoms with Crippen LogP contribution in [-0.2, 0) is 0 Å². The van der Waals surface area contributed by atoms with E-state index < -0.39 is 0 Å². The van der Waals surface area contributed by atoms with Crippen molar-refractivity contribution in [2.45, 2.75) is 51.1 Å². The monoisotopic (exact) mass is 199 g/mol. The summed E-state index contributed by atoms with van der Waals surface area (Å²) in [6.45, 7) is 2.83. The number of unbranched alkanes of at least 4 members (excludes halogenated alkanes) is 3. The molecule has 1 heterocycles. The third kappa shape index (κ3) is 3.54. The molecule has 14 heavy (non-hydrogen) atoms. The highest BCUT2D eigenvalue weighted by atomic mass is 16.2. The van der Waals surface area contributed by atoms with Crippen LogP contribution in [0.15, 0.2) is 0 Å². The highest BCUT2D eigenvalue weighted by Crippen LogP contribution is 2.11. The normalized spacial score (nSPS) is 26.0. The van der Waals surface area contributed by atoms with Crippen molar-refractivity contribution in [3.05, 3.63) is 0 Å². The van der Waals surface area contributed by atoms with Crippen LogP contribution in [0, 0.1) is 0 Å². The molecule has 4 N–H and O–H groups in total. The van der Waals surface area contributed by atoms with E-state index in [4.69, 9.17) is 5.73 Å². The Balaban J connectivity index is 2.04. The number of urea groups is 1. The van der Waals surface area contributed by atoms with E-state index in [-0.39, 0.29) is 12.1 Å². The third-order valence-corrected chi connectivity index (χ3v) is 2.75. The molecule has 0 unspecified atom stereocenters. The summed E-state index contributed by atoms with van der Waals surface area (Å²) in [5.41, 5.74) is 5.41. The topological polar surface area (TPSA) is 67.2 Å². The number of nitrogens with one attached hydrogen (secondary N) is 2. The molecule has 0 aromatic rings. The molecule has 0 aromatic heterocycles. The van der Waals surface area contributed by atoms with Gasteiger partial charge in [0.15, 0.2) is 0 Å². The second-order valence-electron chi connectivity index (χ2n) is 4.00. The molecule has 2 amide bonds. The predicted octanol–water partition coefficient (Wildman–Crippen LogP) is 0.965. The van der Waals surface area contributed by atoms with Gasteiger partial charge in [0.2, 0.25) is 0 Å². The first-order valence-electron chi connectivity index (χ1n) is 5.51. The lowest BCUT2D eigenvalue weighted by molar-refractivity contribution is 0.247. The molecule has 1 saturated heterocycles. The van der Waals surface area contributed by atoms with Gasteiger partial charge in [-0.2, -0.15) is 0 Å². The molecule has 4 heteroatoms. The van der Waals surface area contributed by atoms with Gasteiger partial charge in [0.1, 0.15) is 0 Å². The zero-order valence-corrected chi connectivity index (χ0v) is 8.88. The van der Waals surface area contributed by atoms with E-state index in [1.807, 2.05) is 6.92 Å². The summed E-state index contributed by atoms with van der Waals surface area (Å²) in [6.07, 6.45) is 5.79. The van der Waals surface area contributed by atoms with E-state index in [0.29, 0.717) is 6.04 Å². The van der Waals surface area contributed by atoms with Crippen LogP contribution in [0.2, 0.25) is 0 Å². The first-order valence-corrected chi connectivity index (χ1v) is 5.51. The highest BCUT2D eigenvalue weighted by Gasteiger charge is 2.26. The minimum absolute atomic E-state index is 0.0236. The largest absolute Gasteiger partial charge is 0.334 e. The highest BCUT2D eigenvalue weighted by molar-refractivity contribution is 5.77. The quantitative estimate of drug-likeness (QED) is 0.558. The van der Waals surface area contributed by atoms with Crippen molar-refractivity contribution in [2.24, 2.45) is 5.73 Å². The first kappa shape index (κ1) is 11.3. The molecule has 1 fully saturated rings. The maximum atomic E-state index is 11.0. The fourth-order valence-electron chi connectivity index (χ4n) is 1.83. The molecule has 0 bridgehead atoms. The Morgan fingerprint density at radius 3 is 2.50 bits per heavy atom. The van der Waals surface area contributed by atoms with Crippen molar-refractivity contribution in [1.82, 2.24) is 10.6 Å². The molecule has 0 spiro atoms. The van der Waals surface area contributed by atoms with Crippen LogP contribution in [0.3, 0.4) is 0 Å². The van der Waals surface area contributed by atoms with Gasteiger partial charge >= 0.3 is 6.03 Å². The maximum Gasteiger partial charge on any atom is 0.315 e. The Hall–Kier alpha value is -0.770. The number of hydrogen-bond acceptors (Lipinski definition) is 2. The van der Waals surface area contributed by atoms with Crippen LogP contribution < -0.4 is 16.4 Å². The molecule has 1 aliphatic heterocycles. The SMILES string of the molecule is C[C@@H]1NC(=O)N[C@@H]1CCCCCCN. The van der Waals surface area contributed by atoms with Crippen molar-refractivity contribution in [1.29, 1.82) is 0 Å². The fraction of sp³-hybridized carbons (Fsp3) is 0.900. The molecule has 0 radical (unpaired) electrons. The molecule has 1 aliphatic rings. The number of carbonyl (C=O) groups excluding carboxylic acids is 1. The third-order valence-electron chi connectivity index (χ3n) is 2.75. The fourth-order valence-corrected chi connectivity index (χ4v) is 1.83. The van der Waals surface area contributed by atoms with Gasteiger partial charge in [-0.05, 0) is 26.3 Å². The molecular formula is C10H21N3O. The average Bonchev–Trinajstić information content (AvgIpc) is 2.45. The van der Waals surface area contributed by atoms with E-state index in [9.17, 15) is 4.79 Å². The van der Waals surface area contributed by atoms with Gasteiger partial charge in [0.25, 0.3) is 0 Å². The van der Waals surface area contributed by atoms with Gasteiger partial charge < -0.3 is 16.4 Å². The van der Waals surface area contributed by atoms with Gasteiger partial charge in [-0.1, -0.05) is 19.3 Å². The van der Waals surface area contributed by atoms with Crippen molar-refractivity contribution >= 4 is 6.03 Å². The van der Waals surface area contributed by atoms with Crippen LogP contribution in [0.5, 0.6) is 0 Å².